The van der Waals surface area contributed by atoms with Crippen LogP contribution in [-0.2, 0) is 19.4 Å². The Morgan fingerprint density at radius 3 is 2.64 bits per heavy atom. The van der Waals surface area contributed by atoms with E-state index in [1.807, 2.05) is 0 Å². The minimum absolute atomic E-state index is 0.0528. The molecule has 0 bridgehead atoms. The van der Waals surface area contributed by atoms with Crippen molar-refractivity contribution in [2.24, 2.45) is 10.9 Å². The van der Waals surface area contributed by atoms with Gasteiger partial charge < -0.3 is 15.2 Å². The van der Waals surface area contributed by atoms with Crippen molar-refractivity contribution in [3.63, 3.8) is 0 Å². The van der Waals surface area contributed by atoms with E-state index in [0.717, 1.165) is 44.0 Å². The molecule has 2 heterocycles. The van der Waals surface area contributed by atoms with Gasteiger partial charge >= 0.3 is 6.18 Å². The van der Waals surface area contributed by atoms with Gasteiger partial charge in [0.1, 0.15) is 11.6 Å². The highest BCUT2D eigenvalue weighted by atomic mass is 19.4. The van der Waals surface area contributed by atoms with Crippen LogP contribution in [0, 0.1) is 5.92 Å². The van der Waals surface area contributed by atoms with Gasteiger partial charge in [-0.15, -0.1) is 10.2 Å². The molecule has 0 unspecified atom stereocenters. The lowest BCUT2D eigenvalue weighted by Gasteiger charge is -2.31. The van der Waals surface area contributed by atoms with Crippen molar-refractivity contribution >= 4 is 5.96 Å². The van der Waals surface area contributed by atoms with E-state index in [1.165, 1.54) is 19.3 Å². The van der Waals surface area contributed by atoms with Crippen LogP contribution in [0.15, 0.2) is 4.99 Å². The summed E-state index contributed by atoms with van der Waals surface area (Å²) in [4.78, 5) is 4.21. The van der Waals surface area contributed by atoms with Crippen LogP contribution in [0.3, 0.4) is 0 Å². The molecule has 1 aliphatic carbocycles. The predicted molar refractivity (Wildman–Crippen MR) is 102 cm³/mol. The normalized spacial score (nSPS) is 23.8. The van der Waals surface area contributed by atoms with Crippen LogP contribution >= 0.6 is 0 Å². The fourth-order valence-electron chi connectivity index (χ4n) is 4.14. The first-order valence-corrected chi connectivity index (χ1v) is 10.4. The standard InChI is InChI=1S/C19H31F3N6/c1-23-18(25-15-10-8-14(9-11-15)19(20,21)22)24-12-5-7-17-27-26-16-6-3-2-4-13-28(16)17/h14-15H,2-13H2,1H3,(H2,23,24,25). The third kappa shape index (κ3) is 5.61. The molecule has 0 amide bonds. The van der Waals surface area contributed by atoms with Gasteiger partial charge in [-0.1, -0.05) is 6.42 Å². The summed E-state index contributed by atoms with van der Waals surface area (Å²) in [6.07, 6.45) is 3.75. The minimum Gasteiger partial charge on any atom is -0.356 e. The van der Waals surface area contributed by atoms with Gasteiger partial charge in [0.2, 0.25) is 0 Å². The number of aromatic nitrogens is 3. The number of nitrogens with one attached hydrogen (secondary N) is 2. The fraction of sp³-hybridized carbons (Fsp3) is 0.842. The van der Waals surface area contributed by atoms with E-state index in [0.29, 0.717) is 18.8 Å². The molecule has 28 heavy (non-hydrogen) atoms. The second-order valence-corrected chi connectivity index (χ2v) is 7.83. The number of hydrogen-bond acceptors (Lipinski definition) is 3. The number of rotatable bonds is 5. The number of aliphatic imine (C=N–C) groups is 1. The summed E-state index contributed by atoms with van der Waals surface area (Å²) in [7, 11) is 1.69. The highest BCUT2D eigenvalue weighted by Gasteiger charge is 2.41. The largest absolute Gasteiger partial charge is 0.391 e. The molecule has 0 atom stereocenters. The Morgan fingerprint density at radius 1 is 1.14 bits per heavy atom. The lowest BCUT2D eigenvalue weighted by Crippen LogP contribution is -2.46. The number of nitrogens with zero attached hydrogens (tertiary/aromatic N) is 4. The molecule has 1 fully saturated rings. The van der Waals surface area contributed by atoms with Crippen molar-refractivity contribution in [3.8, 4) is 0 Å². The molecule has 0 radical (unpaired) electrons. The van der Waals surface area contributed by atoms with Crippen LogP contribution in [0.25, 0.3) is 0 Å². The summed E-state index contributed by atoms with van der Waals surface area (Å²) >= 11 is 0. The second kappa shape index (κ2) is 9.60. The molecule has 2 aliphatic rings. The van der Waals surface area contributed by atoms with Crippen molar-refractivity contribution in [2.75, 3.05) is 13.6 Å². The van der Waals surface area contributed by atoms with Crippen LogP contribution in [0.1, 0.15) is 63.0 Å². The van der Waals surface area contributed by atoms with Crippen molar-refractivity contribution in [2.45, 2.75) is 83.0 Å². The quantitative estimate of drug-likeness (QED) is 0.452. The maximum Gasteiger partial charge on any atom is 0.391 e. The molecule has 0 saturated heterocycles. The summed E-state index contributed by atoms with van der Waals surface area (Å²) in [5.41, 5.74) is 0. The third-order valence-electron chi connectivity index (χ3n) is 5.81. The number of halogens is 3. The molecular formula is C19H31F3N6. The van der Waals surface area contributed by atoms with Gasteiger partial charge in [0, 0.05) is 39.0 Å². The molecule has 1 aliphatic heterocycles. The van der Waals surface area contributed by atoms with Gasteiger partial charge in [0.25, 0.3) is 0 Å². The molecule has 1 aromatic heterocycles. The lowest BCUT2D eigenvalue weighted by molar-refractivity contribution is -0.182. The van der Waals surface area contributed by atoms with Crippen LogP contribution < -0.4 is 10.6 Å². The Bertz CT molecular complexity index is 647. The van der Waals surface area contributed by atoms with Gasteiger partial charge in [0.05, 0.1) is 5.92 Å². The molecular weight excluding hydrogens is 369 g/mol. The van der Waals surface area contributed by atoms with Gasteiger partial charge in [0.15, 0.2) is 5.96 Å². The fourth-order valence-corrected chi connectivity index (χ4v) is 4.14. The van der Waals surface area contributed by atoms with Crippen molar-refractivity contribution in [1.29, 1.82) is 0 Å². The molecule has 9 heteroatoms. The molecule has 158 valence electrons. The third-order valence-corrected chi connectivity index (χ3v) is 5.81. The number of alkyl halides is 3. The van der Waals surface area contributed by atoms with Gasteiger partial charge in [-0.05, 0) is 44.9 Å². The summed E-state index contributed by atoms with van der Waals surface area (Å²) in [6.45, 7) is 1.74. The monoisotopic (exact) mass is 400 g/mol. The highest BCUT2D eigenvalue weighted by molar-refractivity contribution is 5.79. The Labute approximate surface area is 164 Å². The molecule has 6 nitrogen and oxygen atoms in total. The zero-order chi connectivity index (χ0) is 20.0. The van der Waals surface area contributed by atoms with Crippen LogP contribution in [0.2, 0.25) is 0 Å². The van der Waals surface area contributed by atoms with Crippen molar-refractivity contribution in [3.05, 3.63) is 11.6 Å². The topological polar surface area (TPSA) is 67.1 Å². The first kappa shape index (κ1) is 20.9. The van der Waals surface area contributed by atoms with E-state index >= 15 is 0 Å². The molecule has 0 spiro atoms. The summed E-state index contributed by atoms with van der Waals surface area (Å²) in [5.74, 6) is 1.66. The number of guanidine groups is 1. The lowest BCUT2D eigenvalue weighted by atomic mass is 9.85. The summed E-state index contributed by atoms with van der Waals surface area (Å²) in [6, 6.07) is 0.0528. The number of hydrogen-bond donors (Lipinski definition) is 2. The van der Waals surface area contributed by atoms with Gasteiger partial charge in [-0.3, -0.25) is 4.99 Å². The average Bonchev–Trinajstić information content (AvgIpc) is 2.90. The number of fused-ring (bicyclic) bond motifs is 1. The Balaban J connectivity index is 1.38. The maximum atomic E-state index is 12.8. The van der Waals surface area contributed by atoms with Gasteiger partial charge in [-0.2, -0.15) is 13.2 Å². The van der Waals surface area contributed by atoms with Crippen LogP contribution in [-0.4, -0.2) is 46.5 Å². The first-order valence-electron chi connectivity index (χ1n) is 10.4. The Kier molecular flexibility index (Phi) is 7.18. The molecule has 3 rings (SSSR count). The highest BCUT2D eigenvalue weighted by Crippen LogP contribution is 2.37. The molecule has 1 aromatic rings. The van der Waals surface area contributed by atoms with Crippen molar-refractivity contribution in [1.82, 2.24) is 25.4 Å². The Morgan fingerprint density at radius 2 is 1.93 bits per heavy atom. The number of aryl methyl sites for hydroxylation is 2. The van der Waals surface area contributed by atoms with E-state index < -0.39 is 12.1 Å². The maximum absolute atomic E-state index is 12.8. The second-order valence-electron chi connectivity index (χ2n) is 7.83. The first-order chi connectivity index (χ1) is 13.5. The smallest absolute Gasteiger partial charge is 0.356 e. The van der Waals surface area contributed by atoms with E-state index in [1.54, 1.807) is 7.05 Å². The van der Waals surface area contributed by atoms with E-state index in [-0.39, 0.29) is 18.9 Å². The van der Waals surface area contributed by atoms with E-state index in [4.69, 9.17) is 0 Å². The molecule has 2 N–H and O–H groups in total. The zero-order valence-corrected chi connectivity index (χ0v) is 16.6. The average molecular weight is 400 g/mol. The van der Waals surface area contributed by atoms with Crippen LogP contribution in [0.4, 0.5) is 13.2 Å². The summed E-state index contributed by atoms with van der Waals surface area (Å²) < 4.78 is 40.6. The van der Waals surface area contributed by atoms with Crippen LogP contribution in [0.5, 0.6) is 0 Å². The van der Waals surface area contributed by atoms with E-state index in [9.17, 15) is 13.2 Å². The Hall–Kier alpha value is -1.80. The summed E-state index contributed by atoms with van der Waals surface area (Å²) in [5, 5.41) is 15.2. The van der Waals surface area contributed by atoms with Crippen molar-refractivity contribution < 1.29 is 13.2 Å². The van der Waals surface area contributed by atoms with E-state index in [2.05, 4.69) is 30.4 Å². The predicted octanol–water partition coefficient (Wildman–Crippen LogP) is 3.22. The molecule has 0 aromatic carbocycles. The zero-order valence-electron chi connectivity index (χ0n) is 16.6. The minimum atomic E-state index is -4.06. The SMILES string of the molecule is CN=C(NCCCc1nnc2n1CCCCC2)NC1CCC(C(F)(F)F)CC1. The molecule has 1 saturated carbocycles. The van der Waals surface area contributed by atoms with Gasteiger partial charge in [-0.25, -0.2) is 0 Å².